The first-order chi connectivity index (χ1) is 7.36. The second kappa shape index (κ2) is 6.87. The predicted molar refractivity (Wildman–Crippen MR) is 58.4 cm³/mol. The maximum atomic E-state index is 10.1. The van der Waals surface area contributed by atoms with E-state index in [4.69, 9.17) is 9.47 Å². The van der Waals surface area contributed by atoms with Crippen LogP contribution in [0.3, 0.4) is 0 Å². The van der Waals surface area contributed by atoms with Crippen LogP contribution in [0.25, 0.3) is 0 Å². The Morgan fingerprint density at radius 3 is 2.67 bits per heavy atom. The monoisotopic (exact) mass is 208 g/mol. The van der Waals surface area contributed by atoms with Gasteiger partial charge in [0.1, 0.15) is 18.1 Å². The molecule has 0 fully saturated rings. The summed E-state index contributed by atoms with van der Waals surface area (Å²) in [6, 6.07) is 7.32. The van der Waals surface area contributed by atoms with Crippen molar-refractivity contribution in [3.05, 3.63) is 24.3 Å². The standard InChI is InChI=1S/C12H16O3/c1-2-3-8-14-11-5-4-6-12(10-11)15-9-7-13/h4-7,10H,2-3,8-9H2,1H3. The summed E-state index contributed by atoms with van der Waals surface area (Å²) >= 11 is 0. The van der Waals surface area contributed by atoms with Crippen molar-refractivity contribution in [1.29, 1.82) is 0 Å². The van der Waals surface area contributed by atoms with Crippen molar-refractivity contribution in [2.45, 2.75) is 19.8 Å². The number of carbonyl (C=O) groups is 1. The molecule has 0 spiro atoms. The molecule has 0 unspecified atom stereocenters. The van der Waals surface area contributed by atoms with Crippen LogP contribution in [-0.2, 0) is 4.79 Å². The maximum absolute atomic E-state index is 10.1. The lowest BCUT2D eigenvalue weighted by Gasteiger charge is -2.07. The molecule has 0 atom stereocenters. The molecule has 1 rings (SSSR count). The number of rotatable bonds is 7. The number of hydrogen-bond acceptors (Lipinski definition) is 3. The molecule has 0 saturated carbocycles. The Morgan fingerprint density at radius 2 is 2.00 bits per heavy atom. The Bertz CT molecular complexity index is 297. The molecule has 3 heteroatoms. The van der Waals surface area contributed by atoms with E-state index in [0.717, 1.165) is 24.9 Å². The normalized spacial score (nSPS) is 9.67. The van der Waals surface area contributed by atoms with Gasteiger partial charge in [-0.1, -0.05) is 19.4 Å². The smallest absolute Gasteiger partial charge is 0.157 e. The zero-order valence-corrected chi connectivity index (χ0v) is 8.94. The molecule has 3 nitrogen and oxygen atoms in total. The predicted octanol–water partition coefficient (Wildman–Crippen LogP) is 2.44. The highest BCUT2D eigenvalue weighted by Gasteiger charge is 1.97. The number of carbonyl (C=O) groups excluding carboxylic acids is 1. The first-order valence-electron chi connectivity index (χ1n) is 5.16. The molecule has 0 bridgehead atoms. The van der Waals surface area contributed by atoms with Gasteiger partial charge in [0.05, 0.1) is 6.61 Å². The molecule has 0 aliphatic carbocycles. The Labute approximate surface area is 90.0 Å². The van der Waals surface area contributed by atoms with Gasteiger partial charge in [0.25, 0.3) is 0 Å². The van der Waals surface area contributed by atoms with Crippen molar-refractivity contribution in [3.63, 3.8) is 0 Å². The number of unbranched alkanes of at least 4 members (excludes halogenated alkanes) is 1. The number of hydrogen-bond donors (Lipinski definition) is 0. The second-order valence-corrected chi connectivity index (χ2v) is 3.15. The average Bonchev–Trinajstić information content (AvgIpc) is 2.27. The summed E-state index contributed by atoms with van der Waals surface area (Å²) in [4.78, 5) is 10.1. The van der Waals surface area contributed by atoms with E-state index in [1.807, 2.05) is 12.1 Å². The highest BCUT2D eigenvalue weighted by atomic mass is 16.5. The van der Waals surface area contributed by atoms with E-state index in [2.05, 4.69) is 6.92 Å². The van der Waals surface area contributed by atoms with Crippen molar-refractivity contribution in [2.24, 2.45) is 0 Å². The van der Waals surface area contributed by atoms with E-state index in [-0.39, 0.29) is 6.61 Å². The Kier molecular flexibility index (Phi) is 5.30. The van der Waals surface area contributed by atoms with Gasteiger partial charge in [-0.15, -0.1) is 0 Å². The molecular formula is C12H16O3. The van der Waals surface area contributed by atoms with Gasteiger partial charge in [0, 0.05) is 6.07 Å². The molecule has 15 heavy (non-hydrogen) atoms. The van der Waals surface area contributed by atoms with Gasteiger partial charge in [0.2, 0.25) is 0 Å². The van der Waals surface area contributed by atoms with E-state index >= 15 is 0 Å². The molecule has 0 heterocycles. The minimum Gasteiger partial charge on any atom is -0.493 e. The SMILES string of the molecule is CCCCOc1cccc(OCC=O)c1. The Morgan fingerprint density at radius 1 is 1.27 bits per heavy atom. The van der Waals surface area contributed by atoms with E-state index in [9.17, 15) is 4.79 Å². The van der Waals surface area contributed by atoms with E-state index in [1.165, 1.54) is 0 Å². The summed E-state index contributed by atoms with van der Waals surface area (Å²) in [6.45, 7) is 2.92. The summed E-state index contributed by atoms with van der Waals surface area (Å²) in [5.41, 5.74) is 0. The number of ether oxygens (including phenoxy) is 2. The van der Waals surface area contributed by atoms with Gasteiger partial charge in [-0.2, -0.15) is 0 Å². The molecule has 0 aromatic heterocycles. The van der Waals surface area contributed by atoms with Crippen LogP contribution in [0.15, 0.2) is 24.3 Å². The van der Waals surface area contributed by atoms with E-state index in [0.29, 0.717) is 12.4 Å². The van der Waals surface area contributed by atoms with Crippen LogP contribution in [0.5, 0.6) is 11.5 Å². The lowest BCUT2D eigenvalue weighted by atomic mass is 10.3. The minimum absolute atomic E-state index is 0.0818. The first-order valence-corrected chi connectivity index (χ1v) is 5.16. The highest BCUT2D eigenvalue weighted by molar-refractivity contribution is 5.51. The van der Waals surface area contributed by atoms with Crippen molar-refractivity contribution in [2.75, 3.05) is 13.2 Å². The summed E-state index contributed by atoms with van der Waals surface area (Å²) in [7, 11) is 0. The minimum atomic E-state index is 0.0818. The lowest BCUT2D eigenvalue weighted by molar-refractivity contribution is -0.109. The summed E-state index contributed by atoms with van der Waals surface area (Å²) in [5.74, 6) is 1.45. The van der Waals surface area contributed by atoms with Gasteiger partial charge in [-0.05, 0) is 18.6 Å². The Hall–Kier alpha value is -1.51. The van der Waals surface area contributed by atoms with Crippen molar-refractivity contribution in [1.82, 2.24) is 0 Å². The van der Waals surface area contributed by atoms with Gasteiger partial charge in [-0.3, -0.25) is 4.79 Å². The van der Waals surface area contributed by atoms with E-state index in [1.54, 1.807) is 12.1 Å². The molecule has 1 aromatic rings. The second-order valence-electron chi connectivity index (χ2n) is 3.15. The molecule has 0 radical (unpaired) electrons. The zero-order valence-electron chi connectivity index (χ0n) is 8.94. The molecule has 82 valence electrons. The molecule has 0 amide bonds. The fourth-order valence-corrected chi connectivity index (χ4v) is 1.12. The van der Waals surface area contributed by atoms with Crippen LogP contribution in [-0.4, -0.2) is 19.5 Å². The topological polar surface area (TPSA) is 35.5 Å². The largest absolute Gasteiger partial charge is 0.493 e. The van der Waals surface area contributed by atoms with Gasteiger partial charge < -0.3 is 9.47 Å². The summed E-state index contributed by atoms with van der Waals surface area (Å²) in [5, 5.41) is 0. The molecule has 0 saturated heterocycles. The number of aldehydes is 1. The Balaban J connectivity index is 2.46. The molecular weight excluding hydrogens is 192 g/mol. The first kappa shape index (κ1) is 11.6. The third kappa shape index (κ3) is 4.49. The third-order valence-electron chi connectivity index (χ3n) is 1.89. The summed E-state index contributed by atoms with van der Waals surface area (Å²) in [6.07, 6.45) is 2.88. The van der Waals surface area contributed by atoms with Crippen LogP contribution in [0, 0.1) is 0 Å². The summed E-state index contributed by atoms with van der Waals surface area (Å²) < 4.78 is 10.7. The fraction of sp³-hybridized carbons (Fsp3) is 0.417. The van der Waals surface area contributed by atoms with Crippen LogP contribution >= 0.6 is 0 Å². The fourth-order valence-electron chi connectivity index (χ4n) is 1.12. The zero-order chi connectivity index (χ0) is 10.9. The van der Waals surface area contributed by atoms with Crippen molar-refractivity contribution in [3.8, 4) is 11.5 Å². The van der Waals surface area contributed by atoms with Crippen molar-refractivity contribution < 1.29 is 14.3 Å². The van der Waals surface area contributed by atoms with Gasteiger partial charge >= 0.3 is 0 Å². The van der Waals surface area contributed by atoms with Crippen LogP contribution in [0.1, 0.15) is 19.8 Å². The molecule has 0 N–H and O–H groups in total. The molecule has 1 aromatic carbocycles. The van der Waals surface area contributed by atoms with Crippen LogP contribution in [0.2, 0.25) is 0 Å². The van der Waals surface area contributed by atoms with Gasteiger partial charge in [-0.25, -0.2) is 0 Å². The molecule has 0 aliphatic rings. The van der Waals surface area contributed by atoms with E-state index < -0.39 is 0 Å². The molecule has 0 aliphatic heterocycles. The highest BCUT2D eigenvalue weighted by Crippen LogP contribution is 2.19. The van der Waals surface area contributed by atoms with Crippen molar-refractivity contribution >= 4 is 6.29 Å². The van der Waals surface area contributed by atoms with Crippen LogP contribution < -0.4 is 9.47 Å². The van der Waals surface area contributed by atoms with Crippen LogP contribution in [0.4, 0.5) is 0 Å². The average molecular weight is 208 g/mol. The van der Waals surface area contributed by atoms with Gasteiger partial charge in [0.15, 0.2) is 6.29 Å². The lowest BCUT2D eigenvalue weighted by Crippen LogP contribution is -1.99. The number of benzene rings is 1. The quantitative estimate of drug-likeness (QED) is 0.510. The third-order valence-corrected chi connectivity index (χ3v) is 1.89. The maximum Gasteiger partial charge on any atom is 0.157 e.